The van der Waals surface area contributed by atoms with Gasteiger partial charge in [-0.1, -0.05) is 62.1 Å². The molecule has 0 bridgehead atoms. The van der Waals surface area contributed by atoms with Crippen LogP contribution in [0.4, 0.5) is 0 Å². The molecule has 0 aliphatic carbocycles. The molecule has 1 nitrogen and oxygen atoms in total. The Hall–Kier alpha value is -1.50. The van der Waals surface area contributed by atoms with Gasteiger partial charge in [0, 0.05) is 11.1 Å². The SMILES string of the molecule is C[Si](C)(C)C[S+](Cc1ccccc1)Cc1ccc(C#N)cc1. The third kappa shape index (κ3) is 5.71. The lowest BCUT2D eigenvalue weighted by atomic mass is 10.2. The summed E-state index contributed by atoms with van der Waals surface area (Å²) in [5.74, 6) is 2.30. The number of nitriles is 1. The minimum atomic E-state index is -1.09. The Labute approximate surface area is 138 Å². The predicted octanol–water partition coefficient (Wildman–Crippen LogP) is 4.75. The van der Waals surface area contributed by atoms with E-state index in [1.165, 1.54) is 22.3 Å². The zero-order valence-electron chi connectivity index (χ0n) is 13.7. The lowest BCUT2D eigenvalue weighted by Gasteiger charge is -2.17. The quantitative estimate of drug-likeness (QED) is 0.555. The molecule has 0 spiro atoms. The van der Waals surface area contributed by atoms with Crippen molar-refractivity contribution >= 4 is 19.0 Å². The van der Waals surface area contributed by atoms with Crippen molar-refractivity contribution in [3.63, 3.8) is 0 Å². The minimum Gasteiger partial charge on any atom is -0.192 e. The predicted molar refractivity (Wildman–Crippen MR) is 101 cm³/mol. The Bertz CT molecular complexity index is 623. The Kier molecular flexibility index (Phi) is 5.88. The highest BCUT2D eigenvalue weighted by molar-refractivity contribution is 7.97. The third-order valence-electron chi connectivity index (χ3n) is 3.30. The van der Waals surface area contributed by atoms with Gasteiger partial charge in [0.05, 0.1) is 17.0 Å². The van der Waals surface area contributed by atoms with Gasteiger partial charge in [-0.3, -0.25) is 0 Å². The summed E-state index contributed by atoms with van der Waals surface area (Å²) in [6, 6.07) is 21.1. The summed E-state index contributed by atoms with van der Waals surface area (Å²) in [5, 5.41) is 10.3. The van der Waals surface area contributed by atoms with E-state index in [4.69, 9.17) is 5.26 Å². The maximum atomic E-state index is 8.92. The van der Waals surface area contributed by atoms with Crippen LogP contribution in [0.3, 0.4) is 0 Å². The summed E-state index contributed by atoms with van der Waals surface area (Å²) in [7, 11) is -0.711. The molecule has 0 fully saturated rings. The van der Waals surface area contributed by atoms with Crippen molar-refractivity contribution in [1.29, 1.82) is 5.26 Å². The summed E-state index contributed by atoms with van der Waals surface area (Å²) >= 11 is 0. The van der Waals surface area contributed by atoms with Gasteiger partial charge in [0.1, 0.15) is 19.6 Å². The van der Waals surface area contributed by atoms with Crippen LogP contribution in [0.2, 0.25) is 19.6 Å². The van der Waals surface area contributed by atoms with Gasteiger partial charge in [0.15, 0.2) is 0 Å². The number of nitrogens with zero attached hydrogens (tertiary/aromatic N) is 1. The Morgan fingerprint density at radius 3 is 1.91 bits per heavy atom. The molecule has 0 N–H and O–H groups in total. The lowest BCUT2D eigenvalue weighted by molar-refractivity contribution is 1.32. The monoisotopic (exact) mass is 326 g/mol. The third-order valence-corrected chi connectivity index (χ3v) is 9.88. The van der Waals surface area contributed by atoms with Gasteiger partial charge < -0.3 is 0 Å². The van der Waals surface area contributed by atoms with E-state index in [0.717, 1.165) is 11.3 Å². The maximum Gasteiger partial charge on any atom is 0.133 e. The van der Waals surface area contributed by atoms with E-state index < -0.39 is 8.07 Å². The highest BCUT2D eigenvalue weighted by atomic mass is 32.2. The molecule has 0 heterocycles. The van der Waals surface area contributed by atoms with Crippen LogP contribution in [-0.2, 0) is 22.4 Å². The number of rotatable bonds is 6. The van der Waals surface area contributed by atoms with Crippen LogP contribution in [-0.4, -0.2) is 13.5 Å². The molecular weight excluding hydrogens is 302 g/mol. The molecule has 1 unspecified atom stereocenters. The van der Waals surface area contributed by atoms with E-state index in [0.29, 0.717) is 10.9 Å². The first-order chi connectivity index (χ1) is 10.5. The Balaban J connectivity index is 2.11. The van der Waals surface area contributed by atoms with Gasteiger partial charge >= 0.3 is 0 Å². The van der Waals surface area contributed by atoms with E-state index in [9.17, 15) is 0 Å². The molecule has 0 aliphatic heterocycles. The van der Waals surface area contributed by atoms with Crippen LogP contribution in [0.25, 0.3) is 0 Å². The first-order valence-electron chi connectivity index (χ1n) is 7.63. The highest BCUT2D eigenvalue weighted by Gasteiger charge is 2.28. The summed E-state index contributed by atoms with van der Waals surface area (Å²) in [4.78, 5) is 0. The zero-order valence-corrected chi connectivity index (χ0v) is 15.5. The van der Waals surface area contributed by atoms with E-state index >= 15 is 0 Å². The van der Waals surface area contributed by atoms with Crippen LogP contribution >= 0.6 is 0 Å². The first kappa shape index (κ1) is 16.9. The fourth-order valence-corrected chi connectivity index (χ4v) is 9.63. The van der Waals surface area contributed by atoms with Crippen molar-refractivity contribution in [3.05, 3.63) is 71.3 Å². The number of benzene rings is 2. The van der Waals surface area contributed by atoms with Gasteiger partial charge in [-0.25, -0.2) is 0 Å². The second-order valence-corrected chi connectivity index (χ2v) is 15.0. The van der Waals surface area contributed by atoms with Gasteiger partial charge in [0.25, 0.3) is 0 Å². The normalized spacial score (nSPS) is 12.6. The minimum absolute atomic E-state index is 0.374. The number of hydrogen-bond donors (Lipinski definition) is 0. The second-order valence-electron chi connectivity index (χ2n) is 6.90. The van der Waals surface area contributed by atoms with E-state index in [1.54, 1.807) is 0 Å². The summed E-state index contributed by atoms with van der Waals surface area (Å²) < 4.78 is 0. The van der Waals surface area contributed by atoms with Gasteiger partial charge in [-0.2, -0.15) is 5.26 Å². The molecule has 0 aromatic heterocycles. The molecule has 114 valence electrons. The molecule has 3 heteroatoms. The average molecular weight is 327 g/mol. The molecule has 0 saturated carbocycles. The first-order valence-corrected chi connectivity index (χ1v) is 13.1. The van der Waals surface area contributed by atoms with Crippen LogP contribution in [0, 0.1) is 11.3 Å². The van der Waals surface area contributed by atoms with Crippen molar-refractivity contribution in [2.24, 2.45) is 0 Å². The highest BCUT2D eigenvalue weighted by Crippen LogP contribution is 2.19. The van der Waals surface area contributed by atoms with Gasteiger partial charge in [-0.05, 0) is 23.0 Å². The molecular formula is C19H24NSSi+. The zero-order chi connectivity index (χ0) is 16.0. The molecule has 0 amide bonds. The van der Waals surface area contributed by atoms with Crippen molar-refractivity contribution in [3.8, 4) is 6.07 Å². The summed E-state index contributed by atoms with van der Waals surface area (Å²) in [6.07, 6.45) is 0. The van der Waals surface area contributed by atoms with Crippen LogP contribution in [0.1, 0.15) is 16.7 Å². The van der Waals surface area contributed by atoms with E-state index in [-0.39, 0.29) is 0 Å². The van der Waals surface area contributed by atoms with Crippen molar-refractivity contribution in [2.75, 3.05) is 5.38 Å². The van der Waals surface area contributed by atoms with Gasteiger partial charge in [0.2, 0.25) is 0 Å². The fourth-order valence-electron chi connectivity index (χ4n) is 2.49. The maximum absolute atomic E-state index is 8.92. The smallest absolute Gasteiger partial charge is 0.133 e. The molecule has 2 aromatic carbocycles. The molecule has 0 radical (unpaired) electrons. The Morgan fingerprint density at radius 1 is 0.864 bits per heavy atom. The Morgan fingerprint density at radius 2 is 1.41 bits per heavy atom. The average Bonchev–Trinajstić information content (AvgIpc) is 2.47. The topological polar surface area (TPSA) is 23.8 Å². The number of hydrogen-bond acceptors (Lipinski definition) is 1. The van der Waals surface area contributed by atoms with Crippen molar-refractivity contribution in [2.45, 2.75) is 31.1 Å². The largest absolute Gasteiger partial charge is 0.192 e. The second kappa shape index (κ2) is 7.67. The fraction of sp³-hybridized carbons (Fsp3) is 0.316. The standard InChI is InChI=1S/C19H24NSSi/c1-22(2,3)16-21(14-18-7-5-4-6-8-18)15-19-11-9-17(13-20)10-12-19/h4-12H,14-16H2,1-3H3/q+1. The van der Waals surface area contributed by atoms with Gasteiger partial charge in [-0.15, -0.1) is 0 Å². The summed E-state index contributed by atoms with van der Waals surface area (Å²) in [6.45, 7) is 7.37. The molecule has 2 aromatic rings. The van der Waals surface area contributed by atoms with Crippen LogP contribution < -0.4 is 0 Å². The molecule has 1 atom stereocenters. The molecule has 22 heavy (non-hydrogen) atoms. The molecule has 0 saturated heterocycles. The van der Waals surface area contributed by atoms with E-state index in [2.05, 4.69) is 68.2 Å². The molecule has 0 aliphatic rings. The van der Waals surface area contributed by atoms with Crippen LogP contribution in [0.5, 0.6) is 0 Å². The van der Waals surface area contributed by atoms with Crippen molar-refractivity contribution in [1.82, 2.24) is 0 Å². The summed E-state index contributed by atoms with van der Waals surface area (Å²) in [5.41, 5.74) is 3.55. The lowest BCUT2D eigenvalue weighted by Crippen LogP contribution is -2.33. The van der Waals surface area contributed by atoms with Crippen LogP contribution in [0.15, 0.2) is 54.6 Å². The molecule has 2 rings (SSSR count). The van der Waals surface area contributed by atoms with Crippen molar-refractivity contribution < 1.29 is 0 Å². The van der Waals surface area contributed by atoms with E-state index in [1.807, 2.05) is 12.1 Å².